The lowest BCUT2D eigenvalue weighted by molar-refractivity contribution is -0.144. The minimum absolute atomic E-state index is 0.0907. The third kappa shape index (κ3) is 4.13. The normalized spacial score (nSPS) is 13.1. The van der Waals surface area contributed by atoms with Gasteiger partial charge in [-0.3, -0.25) is 9.69 Å². The van der Waals surface area contributed by atoms with E-state index in [1.54, 1.807) is 0 Å². The van der Waals surface area contributed by atoms with E-state index in [2.05, 4.69) is 15.9 Å². The molecule has 0 fully saturated rings. The number of nitrogens with zero attached hydrogens (tertiary/aromatic N) is 1. The molecule has 0 bridgehead atoms. The number of likely N-dealkylation sites (N-methyl/N-ethyl adjacent to an activating group) is 1. The molecule has 3 nitrogen and oxygen atoms in total. The summed E-state index contributed by atoms with van der Waals surface area (Å²) in [4.78, 5) is 13.0. The fourth-order valence-electron chi connectivity index (χ4n) is 1.96. The van der Waals surface area contributed by atoms with Crippen molar-refractivity contribution >= 4 is 21.9 Å². The topological polar surface area (TPSA) is 40.5 Å². The molecule has 0 aliphatic rings. The number of hydrogen-bond donors (Lipinski definition) is 1. The highest BCUT2D eigenvalue weighted by Crippen LogP contribution is 2.15. The van der Waals surface area contributed by atoms with Crippen LogP contribution < -0.4 is 0 Å². The molecule has 1 unspecified atom stereocenters. The summed E-state index contributed by atoms with van der Waals surface area (Å²) in [5, 5.41) is 9.19. The van der Waals surface area contributed by atoms with Crippen molar-refractivity contribution < 1.29 is 9.90 Å². The van der Waals surface area contributed by atoms with Crippen LogP contribution in [-0.2, 0) is 11.3 Å². The number of hydrogen-bond acceptors (Lipinski definition) is 2. The van der Waals surface area contributed by atoms with Crippen molar-refractivity contribution in [3.05, 3.63) is 34.3 Å². The number of carboxylic acid groups (broad SMARTS) is 1. The zero-order valence-corrected chi connectivity index (χ0v) is 11.9. The van der Waals surface area contributed by atoms with Crippen LogP contribution in [0.3, 0.4) is 0 Å². The first-order chi connectivity index (χ1) is 7.91. The summed E-state index contributed by atoms with van der Waals surface area (Å²) in [7, 11) is 1.85. The molecule has 0 aliphatic carbocycles. The monoisotopic (exact) mass is 299 g/mol. The Kier molecular flexibility index (Phi) is 5.15. The molecule has 0 spiro atoms. The quantitative estimate of drug-likeness (QED) is 0.909. The Balaban J connectivity index is 2.73. The summed E-state index contributed by atoms with van der Waals surface area (Å²) in [5.74, 6) is -0.674. The second kappa shape index (κ2) is 6.17. The zero-order chi connectivity index (χ0) is 13.0. The number of carboxylic acids is 1. The van der Waals surface area contributed by atoms with Crippen LogP contribution in [0.5, 0.6) is 0 Å². The van der Waals surface area contributed by atoms with Crippen LogP contribution in [0.4, 0.5) is 0 Å². The van der Waals surface area contributed by atoms with Crippen LogP contribution in [0.15, 0.2) is 28.7 Å². The Morgan fingerprint density at radius 2 is 1.88 bits per heavy atom. The Hall–Kier alpha value is -0.870. The molecule has 94 valence electrons. The highest BCUT2D eigenvalue weighted by molar-refractivity contribution is 9.10. The largest absolute Gasteiger partial charge is 0.480 e. The molecule has 1 rings (SSSR count). The lowest BCUT2D eigenvalue weighted by Gasteiger charge is -2.27. The van der Waals surface area contributed by atoms with Gasteiger partial charge in [0, 0.05) is 11.0 Å². The molecule has 1 aromatic rings. The van der Waals surface area contributed by atoms with Gasteiger partial charge in [-0.2, -0.15) is 0 Å². The third-order valence-electron chi connectivity index (χ3n) is 2.70. The molecule has 0 aromatic heterocycles. The van der Waals surface area contributed by atoms with Gasteiger partial charge in [-0.1, -0.05) is 41.9 Å². The summed E-state index contributed by atoms with van der Waals surface area (Å²) in [6.45, 7) is 4.50. The Labute approximate surface area is 111 Å². The lowest BCUT2D eigenvalue weighted by Crippen LogP contribution is -2.41. The van der Waals surface area contributed by atoms with Crippen LogP contribution in [0.25, 0.3) is 0 Å². The first-order valence-corrected chi connectivity index (χ1v) is 6.38. The summed E-state index contributed by atoms with van der Waals surface area (Å²) >= 11 is 3.38. The molecule has 0 amide bonds. The maximum absolute atomic E-state index is 11.2. The summed E-state index contributed by atoms with van der Waals surface area (Å²) in [5.41, 5.74) is 1.11. The van der Waals surface area contributed by atoms with Crippen molar-refractivity contribution in [1.29, 1.82) is 0 Å². The maximum atomic E-state index is 11.2. The molecule has 1 N–H and O–H groups in total. The highest BCUT2D eigenvalue weighted by Gasteiger charge is 2.25. The maximum Gasteiger partial charge on any atom is 0.321 e. The number of benzene rings is 1. The van der Waals surface area contributed by atoms with Crippen LogP contribution >= 0.6 is 15.9 Å². The van der Waals surface area contributed by atoms with Gasteiger partial charge in [-0.05, 0) is 30.7 Å². The number of aliphatic carboxylic acids is 1. The predicted octanol–water partition coefficient (Wildman–Crippen LogP) is 2.99. The first-order valence-electron chi connectivity index (χ1n) is 5.59. The van der Waals surface area contributed by atoms with Gasteiger partial charge < -0.3 is 5.11 Å². The highest BCUT2D eigenvalue weighted by atomic mass is 79.9. The average Bonchev–Trinajstić information content (AvgIpc) is 2.20. The summed E-state index contributed by atoms with van der Waals surface area (Å²) in [6.07, 6.45) is 0. The van der Waals surface area contributed by atoms with Gasteiger partial charge in [0.15, 0.2) is 0 Å². The van der Waals surface area contributed by atoms with E-state index >= 15 is 0 Å². The van der Waals surface area contributed by atoms with E-state index in [9.17, 15) is 9.90 Å². The van der Waals surface area contributed by atoms with Crippen molar-refractivity contribution in [2.75, 3.05) is 7.05 Å². The van der Waals surface area contributed by atoms with E-state index in [1.165, 1.54) is 0 Å². The van der Waals surface area contributed by atoms with Gasteiger partial charge in [0.2, 0.25) is 0 Å². The number of rotatable bonds is 5. The minimum Gasteiger partial charge on any atom is -0.480 e. The molecular weight excluding hydrogens is 282 g/mol. The van der Waals surface area contributed by atoms with Crippen molar-refractivity contribution in [3.8, 4) is 0 Å². The molecule has 0 aliphatic heterocycles. The molecule has 1 atom stereocenters. The molecule has 0 radical (unpaired) electrons. The van der Waals surface area contributed by atoms with E-state index in [0.29, 0.717) is 6.54 Å². The fraction of sp³-hybridized carbons (Fsp3) is 0.462. The van der Waals surface area contributed by atoms with Crippen molar-refractivity contribution in [1.82, 2.24) is 4.90 Å². The first kappa shape index (κ1) is 14.2. The van der Waals surface area contributed by atoms with E-state index in [1.807, 2.05) is 50.1 Å². The van der Waals surface area contributed by atoms with Crippen LogP contribution in [-0.4, -0.2) is 29.1 Å². The van der Waals surface area contributed by atoms with Crippen molar-refractivity contribution in [3.63, 3.8) is 0 Å². The zero-order valence-electron chi connectivity index (χ0n) is 10.4. The smallest absolute Gasteiger partial charge is 0.321 e. The van der Waals surface area contributed by atoms with Crippen molar-refractivity contribution in [2.24, 2.45) is 5.92 Å². The SMILES string of the molecule is CC(C)C(C(=O)O)N(C)Cc1ccc(Br)cc1. The average molecular weight is 300 g/mol. The van der Waals surface area contributed by atoms with Crippen LogP contribution in [0.2, 0.25) is 0 Å². The van der Waals surface area contributed by atoms with Crippen LogP contribution in [0, 0.1) is 5.92 Å². The van der Waals surface area contributed by atoms with Gasteiger partial charge in [-0.15, -0.1) is 0 Å². The standard InChI is InChI=1S/C13H18BrNO2/c1-9(2)12(13(16)17)15(3)8-10-4-6-11(14)7-5-10/h4-7,9,12H,8H2,1-3H3,(H,16,17). The predicted molar refractivity (Wildman–Crippen MR) is 71.9 cm³/mol. The van der Waals surface area contributed by atoms with E-state index in [-0.39, 0.29) is 5.92 Å². The Bertz CT molecular complexity index is 376. The van der Waals surface area contributed by atoms with Gasteiger partial charge in [0.05, 0.1) is 0 Å². The van der Waals surface area contributed by atoms with Gasteiger partial charge in [0.25, 0.3) is 0 Å². The third-order valence-corrected chi connectivity index (χ3v) is 3.23. The lowest BCUT2D eigenvalue weighted by atomic mass is 10.0. The van der Waals surface area contributed by atoms with Crippen LogP contribution in [0.1, 0.15) is 19.4 Å². The summed E-state index contributed by atoms with van der Waals surface area (Å²) < 4.78 is 1.03. The van der Waals surface area contributed by atoms with Crippen molar-refractivity contribution in [2.45, 2.75) is 26.4 Å². The fourth-order valence-corrected chi connectivity index (χ4v) is 2.22. The van der Waals surface area contributed by atoms with Gasteiger partial charge in [0.1, 0.15) is 6.04 Å². The molecule has 0 saturated carbocycles. The molecule has 0 saturated heterocycles. The Morgan fingerprint density at radius 1 is 1.35 bits per heavy atom. The second-order valence-electron chi connectivity index (χ2n) is 4.57. The van der Waals surface area contributed by atoms with Gasteiger partial charge >= 0.3 is 5.97 Å². The number of carbonyl (C=O) groups is 1. The van der Waals surface area contributed by atoms with E-state index < -0.39 is 12.0 Å². The Morgan fingerprint density at radius 3 is 2.29 bits per heavy atom. The molecular formula is C13H18BrNO2. The molecule has 4 heteroatoms. The summed E-state index contributed by atoms with van der Waals surface area (Å²) in [6, 6.07) is 7.49. The molecule has 0 heterocycles. The second-order valence-corrected chi connectivity index (χ2v) is 5.48. The van der Waals surface area contributed by atoms with E-state index in [4.69, 9.17) is 0 Å². The molecule has 1 aromatic carbocycles. The van der Waals surface area contributed by atoms with E-state index in [0.717, 1.165) is 10.0 Å². The van der Waals surface area contributed by atoms with Gasteiger partial charge in [-0.25, -0.2) is 0 Å². The number of halogens is 1. The minimum atomic E-state index is -0.764. The molecule has 17 heavy (non-hydrogen) atoms.